The van der Waals surface area contributed by atoms with E-state index in [4.69, 9.17) is 9.84 Å². The quantitative estimate of drug-likeness (QED) is 0.391. The molecule has 0 aromatic carbocycles. The van der Waals surface area contributed by atoms with Crippen molar-refractivity contribution in [2.75, 3.05) is 6.61 Å². The summed E-state index contributed by atoms with van der Waals surface area (Å²) < 4.78 is 5.00. The van der Waals surface area contributed by atoms with Gasteiger partial charge in [0.1, 0.15) is 0 Å². The average Bonchev–Trinajstić information content (AvgIpc) is 2.70. The molecule has 1 atom stereocenters. The summed E-state index contributed by atoms with van der Waals surface area (Å²) in [5, 5.41) is 8.49. The van der Waals surface area contributed by atoms with Crippen molar-refractivity contribution in [1.29, 1.82) is 0 Å². The number of carboxylic acid groups (broad SMARTS) is 1. The Kier molecular flexibility index (Phi) is 3.05. The summed E-state index contributed by atoms with van der Waals surface area (Å²) in [6.45, 7) is 2.62. The third-order valence-electron chi connectivity index (χ3n) is 1.56. The van der Waals surface area contributed by atoms with E-state index in [1.165, 1.54) is 6.08 Å². The predicted octanol–water partition coefficient (Wildman–Crippen LogP) is 1.36. The van der Waals surface area contributed by atoms with Gasteiger partial charge in [0.25, 0.3) is 0 Å². The highest BCUT2D eigenvalue weighted by Crippen LogP contribution is 2.19. The van der Waals surface area contributed by atoms with Gasteiger partial charge in [-0.3, -0.25) is 0 Å². The summed E-state index contributed by atoms with van der Waals surface area (Å²) in [6.07, 6.45) is 5.80. The molecule has 1 heterocycles. The highest BCUT2D eigenvalue weighted by Gasteiger charge is 2.22. The first-order chi connectivity index (χ1) is 5.72. The lowest BCUT2D eigenvalue weighted by Crippen LogP contribution is -1.94. The fourth-order valence-corrected chi connectivity index (χ4v) is 0.997. The SMILES string of the molecule is C/C=C/C(=C/C(=O)O)CC1CO1. The molecule has 1 unspecified atom stereocenters. The van der Waals surface area contributed by atoms with Crippen molar-refractivity contribution >= 4 is 5.97 Å². The molecule has 12 heavy (non-hydrogen) atoms. The summed E-state index contributed by atoms with van der Waals surface area (Å²) in [5.41, 5.74) is 0.813. The van der Waals surface area contributed by atoms with Gasteiger partial charge in [-0.25, -0.2) is 4.79 Å². The van der Waals surface area contributed by atoms with Crippen molar-refractivity contribution in [2.45, 2.75) is 19.4 Å². The van der Waals surface area contributed by atoms with Gasteiger partial charge in [-0.15, -0.1) is 0 Å². The third kappa shape index (κ3) is 3.34. The number of carbonyl (C=O) groups is 1. The first-order valence-electron chi connectivity index (χ1n) is 3.90. The van der Waals surface area contributed by atoms with Crippen LogP contribution in [0.15, 0.2) is 23.8 Å². The first kappa shape index (κ1) is 9.00. The number of aliphatic carboxylic acids is 1. The molecule has 3 nitrogen and oxygen atoms in total. The summed E-state index contributed by atoms with van der Waals surface area (Å²) in [7, 11) is 0. The van der Waals surface area contributed by atoms with Crippen LogP contribution in [-0.4, -0.2) is 23.8 Å². The van der Waals surface area contributed by atoms with E-state index in [0.29, 0.717) is 6.42 Å². The van der Waals surface area contributed by atoms with Crippen molar-refractivity contribution in [2.24, 2.45) is 0 Å². The van der Waals surface area contributed by atoms with Crippen LogP contribution in [0.4, 0.5) is 0 Å². The molecule has 0 spiro atoms. The number of ether oxygens (including phenoxy) is 1. The molecule has 0 bridgehead atoms. The predicted molar refractivity (Wildman–Crippen MR) is 44.9 cm³/mol. The van der Waals surface area contributed by atoms with Gasteiger partial charge in [0.15, 0.2) is 0 Å². The monoisotopic (exact) mass is 168 g/mol. The molecule has 1 rings (SSSR count). The molecule has 0 saturated carbocycles. The lowest BCUT2D eigenvalue weighted by Gasteiger charge is -1.95. The summed E-state index contributed by atoms with van der Waals surface area (Å²) in [5.74, 6) is -0.899. The highest BCUT2D eigenvalue weighted by molar-refractivity contribution is 5.81. The fraction of sp³-hybridized carbons (Fsp3) is 0.444. The molecule has 66 valence electrons. The molecule has 3 heteroatoms. The molecule has 0 radical (unpaired) electrons. The van der Waals surface area contributed by atoms with E-state index in [1.54, 1.807) is 6.08 Å². The zero-order chi connectivity index (χ0) is 8.97. The molecule has 1 N–H and O–H groups in total. The molecule has 1 fully saturated rings. The Bertz CT molecular complexity index is 224. The highest BCUT2D eigenvalue weighted by atomic mass is 16.6. The van der Waals surface area contributed by atoms with Gasteiger partial charge in [0, 0.05) is 12.5 Å². The molecule has 1 aliphatic heterocycles. The molecular formula is C9H12O3. The van der Waals surface area contributed by atoms with Gasteiger partial charge < -0.3 is 9.84 Å². The second-order valence-corrected chi connectivity index (χ2v) is 2.72. The molecule has 0 amide bonds. The smallest absolute Gasteiger partial charge is 0.328 e. The second-order valence-electron chi connectivity index (χ2n) is 2.72. The van der Waals surface area contributed by atoms with Crippen LogP contribution < -0.4 is 0 Å². The van der Waals surface area contributed by atoms with Crippen LogP contribution in [0, 0.1) is 0 Å². The van der Waals surface area contributed by atoms with Gasteiger partial charge in [-0.1, -0.05) is 12.2 Å². The minimum Gasteiger partial charge on any atom is -0.478 e. The lowest BCUT2D eigenvalue weighted by molar-refractivity contribution is -0.131. The number of allylic oxidation sites excluding steroid dienone is 2. The minimum atomic E-state index is -0.899. The van der Waals surface area contributed by atoms with Crippen molar-refractivity contribution in [3.63, 3.8) is 0 Å². The van der Waals surface area contributed by atoms with E-state index in [1.807, 2.05) is 13.0 Å². The van der Waals surface area contributed by atoms with E-state index in [0.717, 1.165) is 12.2 Å². The molecular weight excluding hydrogens is 156 g/mol. The Morgan fingerprint density at radius 3 is 2.83 bits per heavy atom. The van der Waals surface area contributed by atoms with Crippen molar-refractivity contribution in [3.8, 4) is 0 Å². The Labute approximate surface area is 71.3 Å². The maximum absolute atomic E-state index is 10.3. The zero-order valence-electron chi connectivity index (χ0n) is 6.99. The van der Waals surface area contributed by atoms with Crippen molar-refractivity contribution < 1.29 is 14.6 Å². The number of rotatable bonds is 4. The van der Waals surface area contributed by atoms with Crippen LogP contribution in [0.1, 0.15) is 13.3 Å². The second kappa shape index (κ2) is 4.07. The van der Waals surface area contributed by atoms with Crippen LogP contribution in [0.3, 0.4) is 0 Å². The van der Waals surface area contributed by atoms with Crippen molar-refractivity contribution in [1.82, 2.24) is 0 Å². The lowest BCUT2D eigenvalue weighted by atomic mass is 10.1. The summed E-state index contributed by atoms with van der Waals surface area (Å²) in [6, 6.07) is 0. The van der Waals surface area contributed by atoms with Gasteiger partial charge >= 0.3 is 5.97 Å². The maximum atomic E-state index is 10.3. The van der Waals surface area contributed by atoms with Gasteiger partial charge in [0.2, 0.25) is 0 Å². The molecule has 1 aliphatic rings. The Hall–Kier alpha value is -1.09. The van der Waals surface area contributed by atoms with E-state index in [2.05, 4.69) is 0 Å². The molecule has 0 aromatic rings. The molecule has 0 aliphatic carbocycles. The van der Waals surface area contributed by atoms with Crippen LogP contribution in [0.5, 0.6) is 0 Å². The van der Waals surface area contributed by atoms with Crippen molar-refractivity contribution in [3.05, 3.63) is 23.8 Å². The number of hydrogen-bond donors (Lipinski definition) is 1. The maximum Gasteiger partial charge on any atom is 0.328 e. The van der Waals surface area contributed by atoms with E-state index >= 15 is 0 Å². The largest absolute Gasteiger partial charge is 0.478 e. The number of carboxylic acids is 1. The standard InChI is InChI=1S/C9H12O3/c1-2-3-7(5-9(10)11)4-8-6-12-8/h2-3,5,8H,4,6H2,1H3,(H,10,11)/b3-2+,7-5-. The van der Waals surface area contributed by atoms with Crippen LogP contribution in [0.25, 0.3) is 0 Å². The van der Waals surface area contributed by atoms with E-state index in [-0.39, 0.29) is 6.10 Å². The summed E-state index contributed by atoms with van der Waals surface area (Å²) >= 11 is 0. The fourth-order valence-electron chi connectivity index (χ4n) is 0.997. The normalized spacial score (nSPS) is 23.1. The first-order valence-corrected chi connectivity index (χ1v) is 3.90. The Balaban J connectivity index is 2.52. The molecule has 0 aromatic heterocycles. The van der Waals surface area contributed by atoms with Crippen LogP contribution in [-0.2, 0) is 9.53 Å². The Morgan fingerprint density at radius 1 is 1.75 bits per heavy atom. The third-order valence-corrected chi connectivity index (χ3v) is 1.56. The van der Waals surface area contributed by atoms with Crippen LogP contribution in [0.2, 0.25) is 0 Å². The van der Waals surface area contributed by atoms with Gasteiger partial charge in [0.05, 0.1) is 12.7 Å². The number of epoxide rings is 1. The van der Waals surface area contributed by atoms with Gasteiger partial charge in [-0.2, -0.15) is 0 Å². The average molecular weight is 168 g/mol. The molecule has 1 saturated heterocycles. The Morgan fingerprint density at radius 2 is 2.42 bits per heavy atom. The van der Waals surface area contributed by atoms with Gasteiger partial charge in [-0.05, 0) is 12.5 Å². The zero-order valence-corrected chi connectivity index (χ0v) is 6.99. The van der Waals surface area contributed by atoms with E-state index < -0.39 is 5.97 Å². The topological polar surface area (TPSA) is 49.8 Å². The van der Waals surface area contributed by atoms with Crippen LogP contribution >= 0.6 is 0 Å². The van der Waals surface area contributed by atoms with E-state index in [9.17, 15) is 4.79 Å². The number of hydrogen-bond acceptors (Lipinski definition) is 2. The summed E-state index contributed by atoms with van der Waals surface area (Å²) in [4.78, 5) is 10.3. The minimum absolute atomic E-state index is 0.242.